The van der Waals surface area contributed by atoms with Crippen LogP contribution in [0.4, 0.5) is 0 Å². The molecule has 2 aliphatic heterocycles. The molecule has 0 radical (unpaired) electrons. The third kappa shape index (κ3) is 4.34. The van der Waals surface area contributed by atoms with Crippen molar-refractivity contribution < 1.29 is 0 Å². The largest absolute Gasteiger partial charge is 0.319 e. The van der Waals surface area contributed by atoms with Crippen LogP contribution < -0.4 is 5.32 Å². The molecule has 1 saturated heterocycles. The molecule has 0 amide bonds. The first-order valence-corrected chi connectivity index (χ1v) is 8.90. The Morgan fingerprint density at radius 2 is 2.04 bits per heavy atom. The van der Waals surface area contributed by atoms with Gasteiger partial charge in [0, 0.05) is 32.7 Å². The molecule has 1 fully saturated rings. The second-order valence-corrected chi connectivity index (χ2v) is 6.47. The minimum absolute atomic E-state index is 0.139. The summed E-state index contributed by atoms with van der Waals surface area (Å²) in [6.07, 6.45) is 9.26. The second kappa shape index (κ2) is 7.95. The van der Waals surface area contributed by atoms with Gasteiger partial charge in [-0.05, 0) is 37.8 Å². The number of nitrogens with one attached hydrogen (secondary N) is 1. The molecule has 5 nitrogen and oxygen atoms in total. The summed E-state index contributed by atoms with van der Waals surface area (Å²) in [4.78, 5) is 14.2. The van der Waals surface area contributed by atoms with E-state index in [0.29, 0.717) is 5.11 Å². The van der Waals surface area contributed by atoms with Gasteiger partial charge in [-0.1, -0.05) is 25.2 Å². The van der Waals surface area contributed by atoms with E-state index in [9.17, 15) is 0 Å². The van der Waals surface area contributed by atoms with E-state index in [0.717, 1.165) is 31.1 Å². The zero-order chi connectivity index (χ0) is 16.1. The van der Waals surface area contributed by atoms with Gasteiger partial charge in [-0.2, -0.15) is 0 Å². The summed E-state index contributed by atoms with van der Waals surface area (Å²) in [5.41, 5.74) is 0.991. The Morgan fingerprint density at radius 3 is 2.83 bits per heavy atom. The molecule has 6 heteroatoms. The monoisotopic (exact) mass is 331 g/mol. The van der Waals surface area contributed by atoms with Crippen LogP contribution in [0.25, 0.3) is 0 Å². The van der Waals surface area contributed by atoms with Crippen molar-refractivity contribution in [2.75, 3.05) is 45.8 Å². The molecule has 23 heavy (non-hydrogen) atoms. The predicted octanol–water partition coefficient (Wildman–Crippen LogP) is 1.48. The summed E-state index contributed by atoms with van der Waals surface area (Å²) in [5.74, 6) is 1.08. The van der Waals surface area contributed by atoms with Crippen molar-refractivity contribution in [3.63, 3.8) is 0 Å². The fourth-order valence-corrected chi connectivity index (χ4v) is 3.37. The van der Waals surface area contributed by atoms with Gasteiger partial charge in [0.15, 0.2) is 5.11 Å². The van der Waals surface area contributed by atoms with Crippen LogP contribution >= 0.6 is 12.2 Å². The number of piperazine rings is 1. The van der Waals surface area contributed by atoms with E-state index in [4.69, 9.17) is 17.2 Å². The molecule has 0 spiro atoms. The summed E-state index contributed by atoms with van der Waals surface area (Å²) in [6, 6.07) is 0. The highest BCUT2D eigenvalue weighted by Crippen LogP contribution is 2.15. The third-order valence-corrected chi connectivity index (χ3v) is 4.78. The number of nitrogens with zero attached hydrogens (tertiary/aromatic N) is 4. The molecule has 1 N–H and O–H groups in total. The van der Waals surface area contributed by atoms with Gasteiger partial charge in [0.1, 0.15) is 5.84 Å². The summed E-state index contributed by atoms with van der Waals surface area (Å²) < 4.78 is 0. The Bertz CT molecular complexity index is 555. The maximum Gasteiger partial charge on any atom is 0.198 e. The van der Waals surface area contributed by atoms with Gasteiger partial charge in [0.25, 0.3) is 0 Å². The van der Waals surface area contributed by atoms with Crippen LogP contribution in [0.15, 0.2) is 34.3 Å². The van der Waals surface area contributed by atoms with Gasteiger partial charge in [0.05, 0.1) is 11.6 Å². The lowest BCUT2D eigenvalue weighted by Crippen LogP contribution is -2.46. The molecule has 2 heterocycles. The number of thiocarbonyl (C=S) groups is 1. The zero-order valence-corrected chi connectivity index (χ0v) is 14.6. The van der Waals surface area contributed by atoms with Crippen LogP contribution in [0.5, 0.6) is 0 Å². The number of hydrogen-bond acceptors (Lipinski definition) is 4. The molecular weight excluding hydrogens is 306 g/mol. The first-order valence-electron chi connectivity index (χ1n) is 8.50. The third-order valence-electron chi connectivity index (χ3n) is 4.59. The number of amidine groups is 1. The van der Waals surface area contributed by atoms with E-state index in [1.807, 2.05) is 18.2 Å². The normalized spacial score (nSPS) is 27.0. The smallest absolute Gasteiger partial charge is 0.198 e. The van der Waals surface area contributed by atoms with E-state index >= 15 is 0 Å². The average molecular weight is 331 g/mol. The van der Waals surface area contributed by atoms with Crippen molar-refractivity contribution in [2.24, 2.45) is 15.9 Å². The average Bonchev–Trinajstić information content (AvgIpc) is 2.59. The van der Waals surface area contributed by atoms with Gasteiger partial charge in [-0.25, -0.2) is 4.99 Å². The van der Waals surface area contributed by atoms with Crippen molar-refractivity contribution >= 4 is 28.9 Å². The van der Waals surface area contributed by atoms with E-state index in [1.165, 1.54) is 32.7 Å². The fraction of sp³-hybridized carbons (Fsp3) is 0.588. The highest BCUT2D eigenvalue weighted by molar-refractivity contribution is 7.80. The molecule has 3 aliphatic rings. The molecule has 1 unspecified atom stereocenters. The summed E-state index contributed by atoms with van der Waals surface area (Å²) in [7, 11) is 0. The molecule has 124 valence electrons. The van der Waals surface area contributed by atoms with Crippen molar-refractivity contribution in [1.29, 1.82) is 0 Å². The van der Waals surface area contributed by atoms with Crippen LogP contribution in [-0.2, 0) is 0 Å². The number of aliphatic imine (C=N–C) groups is 2. The SMILES string of the molecule is CCN1CCN(CCCN=C2NC(=S)N=C3C=CC=CC32)CC1. The number of rotatable bonds is 5. The minimum Gasteiger partial charge on any atom is -0.319 e. The van der Waals surface area contributed by atoms with Crippen molar-refractivity contribution in [1.82, 2.24) is 15.1 Å². The van der Waals surface area contributed by atoms with Gasteiger partial charge in [-0.3, -0.25) is 4.99 Å². The quantitative estimate of drug-likeness (QED) is 0.612. The van der Waals surface area contributed by atoms with Crippen LogP contribution in [0.1, 0.15) is 13.3 Å². The Balaban J connectivity index is 1.47. The van der Waals surface area contributed by atoms with E-state index < -0.39 is 0 Å². The summed E-state index contributed by atoms with van der Waals surface area (Å²) >= 11 is 5.20. The lowest BCUT2D eigenvalue weighted by Gasteiger charge is -2.33. The lowest BCUT2D eigenvalue weighted by molar-refractivity contribution is 0.137. The molecule has 0 bridgehead atoms. The first kappa shape index (κ1) is 16.5. The molecule has 0 aromatic carbocycles. The highest BCUT2D eigenvalue weighted by Gasteiger charge is 2.24. The number of allylic oxidation sites excluding steroid dienone is 3. The van der Waals surface area contributed by atoms with Crippen molar-refractivity contribution in [2.45, 2.75) is 13.3 Å². The molecule has 0 aromatic heterocycles. The van der Waals surface area contributed by atoms with E-state index in [-0.39, 0.29) is 5.92 Å². The van der Waals surface area contributed by atoms with Crippen molar-refractivity contribution in [3.8, 4) is 0 Å². The Kier molecular flexibility index (Phi) is 5.70. The topological polar surface area (TPSA) is 43.2 Å². The summed E-state index contributed by atoms with van der Waals surface area (Å²) in [5, 5.41) is 3.68. The van der Waals surface area contributed by atoms with Crippen LogP contribution in [0.2, 0.25) is 0 Å². The number of fused-ring (bicyclic) bond motifs is 1. The molecule has 3 rings (SSSR count). The van der Waals surface area contributed by atoms with Gasteiger partial charge >= 0.3 is 0 Å². The van der Waals surface area contributed by atoms with Gasteiger partial charge in [0.2, 0.25) is 0 Å². The van der Waals surface area contributed by atoms with Crippen LogP contribution in [-0.4, -0.2) is 72.3 Å². The molecule has 1 atom stereocenters. The maximum atomic E-state index is 5.20. The molecule has 0 aromatic rings. The second-order valence-electron chi connectivity index (χ2n) is 6.08. The Hall–Kier alpha value is -1.37. The van der Waals surface area contributed by atoms with Crippen molar-refractivity contribution in [3.05, 3.63) is 24.3 Å². The molecule has 0 saturated carbocycles. The zero-order valence-electron chi connectivity index (χ0n) is 13.7. The van der Waals surface area contributed by atoms with E-state index in [1.54, 1.807) is 0 Å². The lowest BCUT2D eigenvalue weighted by atomic mass is 9.96. The Labute approximate surface area is 143 Å². The molecular formula is C17H25N5S. The van der Waals surface area contributed by atoms with Crippen LogP contribution in [0, 0.1) is 5.92 Å². The summed E-state index contributed by atoms with van der Waals surface area (Å²) in [6.45, 7) is 10.1. The number of likely N-dealkylation sites (N-methyl/N-ethyl adjacent to an activating group) is 1. The highest BCUT2D eigenvalue weighted by atomic mass is 32.1. The minimum atomic E-state index is 0.139. The Morgan fingerprint density at radius 1 is 1.26 bits per heavy atom. The van der Waals surface area contributed by atoms with Crippen LogP contribution in [0.3, 0.4) is 0 Å². The first-order chi connectivity index (χ1) is 11.3. The number of hydrogen-bond donors (Lipinski definition) is 1. The molecule has 1 aliphatic carbocycles. The van der Waals surface area contributed by atoms with Gasteiger partial charge in [-0.15, -0.1) is 0 Å². The van der Waals surface area contributed by atoms with Gasteiger partial charge < -0.3 is 15.1 Å². The van der Waals surface area contributed by atoms with E-state index in [2.05, 4.69) is 33.1 Å². The predicted molar refractivity (Wildman–Crippen MR) is 100 cm³/mol. The maximum absolute atomic E-state index is 5.20. The fourth-order valence-electron chi connectivity index (χ4n) is 3.16. The standard InChI is InChI=1S/C17H25N5S/c1-2-21-10-12-22(13-11-21)9-5-8-18-16-14-6-3-4-7-15(14)19-17(23)20-16/h3-4,6-7,14H,2,5,8-13H2,1H3,(H,18,20,23).